The second-order valence-electron chi connectivity index (χ2n) is 7.48. The SMILES string of the molecule is CC(C)c1ccc(N(CC(=O)NCCCN(C)c2ccccc2)S(C)(=O)=O)cc1. The van der Waals surface area contributed by atoms with Gasteiger partial charge in [0, 0.05) is 25.8 Å². The fourth-order valence-electron chi connectivity index (χ4n) is 2.97. The fraction of sp³-hybridized carbons (Fsp3) is 0.409. The Balaban J connectivity index is 1.88. The molecule has 0 aliphatic heterocycles. The third-order valence-corrected chi connectivity index (χ3v) is 5.87. The maximum atomic E-state index is 12.3. The van der Waals surface area contributed by atoms with Gasteiger partial charge in [0.05, 0.1) is 11.9 Å². The Morgan fingerprint density at radius 2 is 1.62 bits per heavy atom. The predicted molar refractivity (Wildman–Crippen MR) is 120 cm³/mol. The van der Waals surface area contributed by atoms with Crippen LogP contribution in [0.25, 0.3) is 0 Å². The highest BCUT2D eigenvalue weighted by Gasteiger charge is 2.20. The fourth-order valence-corrected chi connectivity index (χ4v) is 3.82. The van der Waals surface area contributed by atoms with Crippen molar-refractivity contribution >= 4 is 27.3 Å². The molecular weight excluding hydrogens is 386 g/mol. The van der Waals surface area contributed by atoms with E-state index in [9.17, 15) is 13.2 Å². The first-order valence-electron chi connectivity index (χ1n) is 9.79. The number of hydrogen-bond acceptors (Lipinski definition) is 4. The van der Waals surface area contributed by atoms with E-state index in [1.807, 2.05) is 49.5 Å². The Kier molecular flexibility index (Phi) is 8.08. The van der Waals surface area contributed by atoms with Crippen molar-refractivity contribution in [2.45, 2.75) is 26.2 Å². The van der Waals surface area contributed by atoms with E-state index in [1.165, 1.54) is 0 Å². The highest BCUT2D eigenvalue weighted by molar-refractivity contribution is 7.92. The van der Waals surface area contributed by atoms with Crippen molar-refractivity contribution in [1.82, 2.24) is 5.32 Å². The van der Waals surface area contributed by atoms with E-state index < -0.39 is 10.0 Å². The van der Waals surface area contributed by atoms with Crippen LogP contribution in [0, 0.1) is 0 Å². The molecule has 1 N–H and O–H groups in total. The molecule has 29 heavy (non-hydrogen) atoms. The van der Waals surface area contributed by atoms with Gasteiger partial charge in [0.2, 0.25) is 15.9 Å². The summed E-state index contributed by atoms with van der Waals surface area (Å²) in [6, 6.07) is 17.3. The van der Waals surface area contributed by atoms with Crippen LogP contribution in [0.2, 0.25) is 0 Å². The molecule has 6 nitrogen and oxygen atoms in total. The molecule has 0 saturated carbocycles. The molecule has 0 aliphatic rings. The van der Waals surface area contributed by atoms with Crippen LogP contribution in [-0.2, 0) is 14.8 Å². The molecule has 0 aliphatic carbocycles. The number of nitrogens with one attached hydrogen (secondary N) is 1. The zero-order valence-corrected chi connectivity index (χ0v) is 18.4. The molecule has 0 atom stereocenters. The Bertz CT molecular complexity index is 881. The van der Waals surface area contributed by atoms with E-state index in [0.717, 1.165) is 34.8 Å². The van der Waals surface area contributed by atoms with Crippen LogP contribution in [0.4, 0.5) is 11.4 Å². The molecule has 0 bridgehead atoms. The van der Waals surface area contributed by atoms with E-state index in [2.05, 4.69) is 24.1 Å². The van der Waals surface area contributed by atoms with Crippen molar-refractivity contribution in [1.29, 1.82) is 0 Å². The molecule has 0 radical (unpaired) electrons. The van der Waals surface area contributed by atoms with Gasteiger partial charge in [-0.25, -0.2) is 8.42 Å². The number of carbonyl (C=O) groups excluding carboxylic acids is 1. The molecule has 2 rings (SSSR count). The average molecular weight is 418 g/mol. The van der Waals surface area contributed by atoms with Crippen LogP contribution in [0.15, 0.2) is 54.6 Å². The zero-order valence-electron chi connectivity index (χ0n) is 17.6. The maximum absolute atomic E-state index is 12.3. The number of sulfonamides is 1. The molecular formula is C22H31N3O3S. The highest BCUT2D eigenvalue weighted by Crippen LogP contribution is 2.21. The zero-order chi connectivity index (χ0) is 21.4. The number of para-hydroxylation sites is 1. The van der Waals surface area contributed by atoms with Crippen LogP contribution < -0.4 is 14.5 Å². The van der Waals surface area contributed by atoms with Gasteiger partial charge in [-0.1, -0.05) is 44.2 Å². The lowest BCUT2D eigenvalue weighted by molar-refractivity contribution is -0.119. The monoisotopic (exact) mass is 417 g/mol. The molecule has 0 spiro atoms. The summed E-state index contributed by atoms with van der Waals surface area (Å²) in [6.45, 7) is 5.20. The van der Waals surface area contributed by atoms with Gasteiger partial charge in [0.25, 0.3) is 0 Å². The number of anilines is 2. The number of hydrogen-bond donors (Lipinski definition) is 1. The van der Waals surface area contributed by atoms with E-state index in [1.54, 1.807) is 12.1 Å². The van der Waals surface area contributed by atoms with Gasteiger partial charge in [0.1, 0.15) is 6.54 Å². The summed E-state index contributed by atoms with van der Waals surface area (Å²) in [4.78, 5) is 14.4. The van der Waals surface area contributed by atoms with Gasteiger partial charge in [-0.3, -0.25) is 9.10 Å². The highest BCUT2D eigenvalue weighted by atomic mass is 32.2. The average Bonchev–Trinajstić information content (AvgIpc) is 2.69. The second kappa shape index (κ2) is 10.3. The summed E-state index contributed by atoms with van der Waals surface area (Å²) in [5.41, 5.74) is 2.73. The van der Waals surface area contributed by atoms with E-state index >= 15 is 0 Å². The largest absolute Gasteiger partial charge is 0.375 e. The third-order valence-electron chi connectivity index (χ3n) is 4.72. The van der Waals surface area contributed by atoms with E-state index in [4.69, 9.17) is 0 Å². The predicted octanol–water partition coefficient (Wildman–Crippen LogP) is 3.22. The first kappa shape index (κ1) is 22.7. The standard InChI is InChI=1S/C22H31N3O3S/c1-18(2)19-11-13-21(14-12-19)25(29(4,27)28)17-22(26)23-15-8-16-24(3)20-9-6-5-7-10-20/h5-7,9-14,18H,8,15-17H2,1-4H3,(H,23,26). The van der Waals surface area contributed by atoms with Crippen LogP contribution in [-0.4, -0.2) is 47.3 Å². The summed E-state index contributed by atoms with van der Waals surface area (Å²) >= 11 is 0. The quantitative estimate of drug-likeness (QED) is 0.603. The van der Waals surface area contributed by atoms with Crippen molar-refractivity contribution in [3.63, 3.8) is 0 Å². The van der Waals surface area contributed by atoms with Crippen LogP contribution >= 0.6 is 0 Å². The summed E-state index contributed by atoms with van der Waals surface area (Å²) in [5.74, 6) is 0.0405. The second-order valence-corrected chi connectivity index (χ2v) is 9.38. The van der Waals surface area contributed by atoms with Gasteiger partial charge in [-0.15, -0.1) is 0 Å². The first-order valence-corrected chi connectivity index (χ1v) is 11.6. The maximum Gasteiger partial charge on any atom is 0.240 e. The molecule has 7 heteroatoms. The molecule has 1 amide bonds. The van der Waals surface area contributed by atoms with Crippen LogP contribution in [0.5, 0.6) is 0 Å². The molecule has 2 aromatic carbocycles. The molecule has 0 unspecified atom stereocenters. The van der Waals surface area contributed by atoms with Gasteiger partial charge >= 0.3 is 0 Å². The smallest absolute Gasteiger partial charge is 0.240 e. The summed E-state index contributed by atoms with van der Waals surface area (Å²) in [7, 11) is -1.56. The van der Waals surface area contributed by atoms with Gasteiger partial charge < -0.3 is 10.2 Å². The van der Waals surface area contributed by atoms with Crippen LogP contribution in [0.1, 0.15) is 31.7 Å². The summed E-state index contributed by atoms with van der Waals surface area (Å²) in [6.07, 6.45) is 1.88. The topological polar surface area (TPSA) is 69.7 Å². The first-order chi connectivity index (χ1) is 13.7. The van der Waals surface area contributed by atoms with Gasteiger partial charge in [-0.05, 0) is 42.2 Å². The van der Waals surface area contributed by atoms with Crippen molar-refractivity contribution < 1.29 is 13.2 Å². The van der Waals surface area contributed by atoms with Crippen molar-refractivity contribution in [3.8, 4) is 0 Å². The summed E-state index contributed by atoms with van der Waals surface area (Å²) < 4.78 is 25.5. The third kappa shape index (κ3) is 7.09. The lowest BCUT2D eigenvalue weighted by atomic mass is 10.0. The number of benzene rings is 2. The van der Waals surface area contributed by atoms with Crippen molar-refractivity contribution in [2.75, 3.05) is 42.1 Å². The minimum Gasteiger partial charge on any atom is -0.375 e. The van der Waals surface area contributed by atoms with E-state index in [0.29, 0.717) is 18.2 Å². The number of amides is 1. The lowest BCUT2D eigenvalue weighted by Crippen LogP contribution is -2.41. The normalized spacial score (nSPS) is 11.3. The Labute approximate surface area is 174 Å². The van der Waals surface area contributed by atoms with Gasteiger partial charge in [0.15, 0.2) is 0 Å². The molecule has 0 aromatic heterocycles. The van der Waals surface area contributed by atoms with Crippen molar-refractivity contribution in [3.05, 3.63) is 60.2 Å². The number of nitrogens with zero attached hydrogens (tertiary/aromatic N) is 2. The lowest BCUT2D eigenvalue weighted by Gasteiger charge is -2.23. The van der Waals surface area contributed by atoms with Crippen molar-refractivity contribution in [2.24, 2.45) is 0 Å². The number of carbonyl (C=O) groups is 1. The van der Waals surface area contributed by atoms with Gasteiger partial charge in [-0.2, -0.15) is 0 Å². The molecule has 2 aromatic rings. The minimum atomic E-state index is -3.56. The molecule has 0 heterocycles. The van der Waals surface area contributed by atoms with E-state index in [-0.39, 0.29) is 12.5 Å². The summed E-state index contributed by atoms with van der Waals surface area (Å²) in [5, 5.41) is 2.82. The molecule has 0 fully saturated rings. The Morgan fingerprint density at radius 1 is 1.00 bits per heavy atom. The minimum absolute atomic E-state index is 0.228. The Morgan fingerprint density at radius 3 is 2.17 bits per heavy atom. The molecule has 0 saturated heterocycles. The molecule has 158 valence electrons. The van der Waals surface area contributed by atoms with Crippen LogP contribution in [0.3, 0.4) is 0 Å². The number of rotatable bonds is 10. The Hall–Kier alpha value is -2.54.